The van der Waals surface area contributed by atoms with E-state index >= 15 is 0 Å². The van der Waals surface area contributed by atoms with Crippen molar-refractivity contribution in [2.75, 3.05) is 26.2 Å². The standard InChI is InChI=1S/C25H28N4O4/c1-16(31)25-26-8-9-29(25)11-19-10-24(33-27-19)18-5-2-17(3-6-18)4-7-21-22-13-28(14-23(21)22)12-20(32)15-30/h2-3,5-6,8-10,16,20-23,30-32H,11-15H2,1H3/t16-,20-,22-,23-/m0/s1. The summed E-state index contributed by atoms with van der Waals surface area (Å²) in [6.45, 7) is 4.42. The Kier molecular flexibility index (Phi) is 6.04. The van der Waals surface area contributed by atoms with E-state index in [1.807, 2.05) is 41.1 Å². The molecule has 0 radical (unpaired) electrons. The second-order valence-corrected chi connectivity index (χ2v) is 9.03. The van der Waals surface area contributed by atoms with Crippen LogP contribution in [0.1, 0.15) is 30.1 Å². The lowest BCUT2D eigenvalue weighted by atomic mass is 10.1. The van der Waals surface area contributed by atoms with E-state index in [4.69, 9.17) is 9.63 Å². The third kappa shape index (κ3) is 4.72. The van der Waals surface area contributed by atoms with E-state index in [9.17, 15) is 10.2 Å². The lowest BCUT2D eigenvalue weighted by Crippen LogP contribution is -2.34. The fourth-order valence-corrected chi connectivity index (χ4v) is 4.74. The molecule has 0 amide bonds. The van der Waals surface area contributed by atoms with Crippen LogP contribution >= 0.6 is 0 Å². The summed E-state index contributed by atoms with van der Waals surface area (Å²) in [4.78, 5) is 6.39. The molecule has 8 heteroatoms. The maximum atomic E-state index is 9.80. The van der Waals surface area contributed by atoms with Gasteiger partial charge in [0.2, 0.25) is 0 Å². The van der Waals surface area contributed by atoms with E-state index in [1.54, 1.807) is 13.1 Å². The minimum absolute atomic E-state index is 0.186. The highest BCUT2D eigenvalue weighted by atomic mass is 16.5. The third-order valence-corrected chi connectivity index (χ3v) is 6.51. The number of rotatable bonds is 7. The normalized spacial score (nSPS) is 23.6. The first-order chi connectivity index (χ1) is 16.0. The molecule has 2 fully saturated rings. The number of hydrogen-bond donors (Lipinski definition) is 3. The Hall–Kier alpha value is -2.96. The van der Waals surface area contributed by atoms with Crippen molar-refractivity contribution in [3.8, 4) is 23.2 Å². The average Bonchev–Trinajstić information content (AvgIpc) is 3.30. The molecule has 3 N–H and O–H groups in total. The summed E-state index contributed by atoms with van der Waals surface area (Å²) in [5.74, 6) is 9.58. The molecule has 8 nitrogen and oxygen atoms in total. The van der Waals surface area contributed by atoms with Crippen LogP contribution in [0.2, 0.25) is 0 Å². The topological polar surface area (TPSA) is 108 Å². The first-order valence-electron chi connectivity index (χ1n) is 11.3. The molecule has 0 spiro atoms. The van der Waals surface area contributed by atoms with Crippen LogP contribution in [0.25, 0.3) is 11.3 Å². The Morgan fingerprint density at radius 2 is 1.94 bits per heavy atom. The number of hydrogen-bond acceptors (Lipinski definition) is 7. The third-order valence-electron chi connectivity index (χ3n) is 6.51. The Balaban J connectivity index is 1.17. The van der Waals surface area contributed by atoms with Gasteiger partial charge in [-0.15, -0.1) is 0 Å². The SMILES string of the molecule is C[C@H](O)c1nccn1Cc1cc(-c2ccc(C#CC3[C@@H]4CN(C[C@H](O)CO)C[C@@H]34)cc2)on1. The summed E-state index contributed by atoms with van der Waals surface area (Å²) in [5.41, 5.74) is 2.66. The number of aromatic nitrogens is 3. The van der Waals surface area contributed by atoms with Crippen molar-refractivity contribution in [3.63, 3.8) is 0 Å². The number of imidazole rings is 1. The smallest absolute Gasteiger partial charge is 0.167 e. The largest absolute Gasteiger partial charge is 0.394 e. The Bertz CT molecular complexity index is 1150. The lowest BCUT2D eigenvalue weighted by Gasteiger charge is -2.20. The van der Waals surface area contributed by atoms with Gasteiger partial charge in [-0.1, -0.05) is 17.0 Å². The summed E-state index contributed by atoms with van der Waals surface area (Å²) in [6, 6.07) is 9.86. The highest BCUT2D eigenvalue weighted by Gasteiger charge is 2.54. The Morgan fingerprint density at radius 1 is 1.18 bits per heavy atom. The predicted molar refractivity (Wildman–Crippen MR) is 121 cm³/mol. The molecule has 0 bridgehead atoms. The maximum Gasteiger partial charge on any atom is 0.167 e. The van der Waals surface area contributed by atoms with Gasteiger partial charge in [0.05, 0.1) is 19.3 Å². The second kappa shape index (κ2) is 9.12. The van der Waals surface area contributed by atoms with Gasteiger partial charge >= 0.3 is 0 Å². The predicted octanol–water partition coefficient (Wildman–Crippen LogP) is 1.52. The highest BCUT2D eigenvalue weighted by Crippen LogP contribution is 2.51. The number of fused-ring (bicyclic) bond motifs is 1. The molecule has 2 aliphatic rings. The highest BCUT2D eigenvalue weighted by molar-refractivity contribution is 5.59. The fourth-order valence-electron chi connectivity index (χ4n) is 4.74. The molecule has 5 rings (SSSR count). The first kappa shape index (κ1) is 21.9. The van der Waals surface area contributed by atoms with Gasteiger partial charge in [-0.3, -0.25) is 0 Å². The van der Waals surface area contributed by atoms with Gasteiger partial charge in [-0.2, -0.15) is 0 Å². The monoisotopic (exact) mass is 448 g/mol. The second-order valence-electron chi connectivity index (χ2n) is 9.03. The zero-order valence-electron chi connectivity index (χ0n) is 18.5. The zero-order chi connectivity index (χ0) is 22.9. The molecular formula is C25H28N4O4. The van der Waals surface area contributed by atoms with Gasteiger partial charge in [0.25, 0.3) is 0 Å². The van der Waals surface area contributed by atoms with Crippen molar-refractivity contribution >= 4 is 0 Å². The van der Waals surface area contributed by atoms with Crippen LogP contribution in [0, 0.1) is 29.6 Å². The molecule has 1 aromatic carbocycles. The van der Waals surface area contributed by atoms with E-state index < -0.39 is 12.2 Å². The van der Waals surface area contributed by atoms with Gasteiger partial charge in [0, 0.05) is 55.1 Å². The van der Waals surface area contributed by atoms with Crippen LogP contribution in [-0.2, 0) is 6.54 Å². The van der Waals surface area contributed by atoms with Crippen molar-refractivity contribution in [3.05, 3.63) is 59.8 Å². The summed E-state index contributed by atoms with van der Waals surface area (Å²) in [5, 5.41) is 32.5. The van der Waals surface area contributed by atoms with Gasteiger partial charge in [0.15, 0.2) is 5.76 Å². The number of β-amino-alcohol motifs (C(OH)–C–C–N with tert-alkyl or cyclic N) is 1. The van der Waals surface area contributed by atoms with Gasteiger partial charge < -0.3 is 29.3 Å². The van der Waals surface area contributed by atoms with Crippen LogP contribution in [-0.4, -0.2) is 67.3 Å². The Labute approximate surface area is 192 Å². The van der Waals surface area contributed by atoms with Crippen molar-refractivity contribution in [1.82, 2.24) is 19.6 Å². The minimum atomic E-state index is -0.654. The quantitative estimate of drug-likeness (QED) is 0.471. The number of aliphatic hydroxyl groups excluding tert-OH is 3. The van der Waals surface area contributed by atoms with Crippen LogP contribution in [0.3, 0.4) is 0 Å². The first-order valence-corrected chi connectivity index (χ1v) is 11.3. The van der Waals surface area contributed by atoms with E-state index in [2.05, 4.69) is 26.9 Å². The maximum absolute atomic E-state index is 9.80. The molecule has 3 aromatic rings. The number of likely N-dealkylation sites (tertiary alicyclic amines) is 1. The molecule has 2 aromatic heterocycles. The van der Waals surface area contributed by atoms with Crippen molar-refractivity contribution in [2.24, 2.45) is 17.8 Å². The van der Waals surface area contributed by atoms with Crippen LogP contribution < -0.4 is 0 Å². The van der Waals surface area contributed by atoms with Crippen LogP contribution in [0.4, 0.5) is 0 Å². The molecule has 1 saturated carbocycles. The average molecular weight is 449 g/mol. The lowest BCUT2D eigenvalue weighted by molar-refractivity contribution is 0.0622. The number of benzene rings is 1. The van der Waals surface area contributed by atoms with Crippen molar-refractivity contribution < 1.29 is 19.8 Å². The molecule has 1 saturated heterocycles. The number of nitrogens with zero attached hydrogens (tertiary/aromatic N) is 4. The summed E-state index contributed by atoms with van der Waals surface area (Å²) in [7, 11) is 0. The van der Waals surface area contributed by atoms with E-state index in [-0.39, 0.29) is 6.61 Å². The van der Waals surface area contributed by atoms with Gasteiger partial charge in [-0.05, 0) is 43.0 Å². The number of aliphatic hydroxyl groups is 3. The molecule has 0 unspecified atom stereocenters. The fraction of sp³-hybridized carbons (Fsp3) is 0.440. The zero-order valence-corrected chi connectivity index (χ0v) is 18.5. The van der Waals surface area contributed by atoms with Gasteiger partial charge in [-0.25, -0.2) is 4.98 Å². The molecule has 172 valence electrons. The summed E-state index contributed by atoms with van der Waals surface area (Å²) in [6.07, 6.45) is 2.18. The summed E-state index contributed by atoms with van der Waals surface area (Å²) < 4.78 is 7.38. The van der Waals surface area contributed by atoms with Crippen LogP contribution in [0.15, 0.2) is 47.2 Å². The van der Waals surface area contributed by atoms with E-state index in [1.165, 1.54) is 0 Å². The minimum Gasteiger partial charge on any atom is -0.394 e. The summed E-state index contributed by atoms with van der Waals surface area (Å²) >= 11 is 0. The molecule has 33 heavy (non-hydrogen) atoms. The van der Waals surface area contributed by atoms with Crippen molar-refractivity contribution in [2.45, 2.75) is 25.7 Å². The van der Waals surface area contributed by atoms with Gasteiger partial charge in [0.1, 0.15) is 17.6 Å². The molecule has 1 aliphatic heterocycles. The van der Waals surface area contributed by atoms with Crippen molar-refractivity contribution in [1.29, 1.82) is 0 Å². The number of piperidine rings is 1. The van der Waals surface area contributed by atoms with E-state index in [0.717, 1.165) is 29.9 Å². The molecule has 4 atom stereocenters. The molecular weight excluding hydrogens is 420 g/mol. The molecule has 3 heterocycles. The Morgan fingerprint density at radius 3 is 2.64 bits per heavy atom. The van der Waals surface area contributed by atoms with E-state index in [0.29, 0.717) is 42.4 Å². The van der Waals surface area contributed by atoms with Crippen LogP contribution in [0.5, 0.6) is 0 Å². The molecule has 1 aliphatic carbocycles.